The maximum Gasteiger partial charge on any atom is 0.228 e. The van der Waals surface area contributed by atoms with Gasteiger partial charge in [0.1, 0.15) is 0 Å². The van der Waals surface area contributed by atoms with E-state index < -0.39 is 11.6 Å². The highest BCUT2D eigenvalue weighted by atomic mass is 19.2. The molecule has 1 amide bonds. The van der Waals surface area contributed by atoms with Crippen LogP contribution in [0.1, 0.15) is 18.2 Å². The smallest absolute Gasteiger partial charge is 0.228 e. The van der Waals surface area contributed by atoms with Gasteiger partial charge in [0.05, 0.1) is 17.8 Å². The van der Waals surface area contributed by atoms with Gasteiger partial charge in [-0.05, 0) is 25.1 Å². The van der Waals surface area contributed by atoms with Crippen LogP contribution in [0.2, 0.25) is 0 Å². The van der Waals surface area contributed by atoms with Crippen LogP contribution in [0.3, 0.4) is 0 Å². The second-order valence-electron chi connectivity index (χ2n) is 5.09. The summed E-state index contributed by atoms with van der Waals surface area (Å²) in [4.78, 5) is 17.8. The molecule has 1 aliphatic heterocycles. The number of hydrogen-bond donors (Lipinski definition) is 1. The maximum absolute atomic E-state index is 13.8. The molecule has 0 saturated heterocycles. The van der Waals surface area contributed by atoms with Crippen LogP contribution in [-0.2, 0) is 17.8 Å². The average molecular weight is 303 g/mol. The van der Waals surface area contributed by atoms with Crippen LogP contribution in [0.4, 0.5) is 20.2 Å². The van der Waals surface area contributed by atoms with E-state index in [0.717, 1.165) is 11.6 Å². The van der Waals surface area contributed by atoms with Crippen molar-refractivity contribution in [3.05, 3.63) is 53.4 Å². The molecule has 0 radical (unpaired) electrons. The minimum Gasteiger partial charge on any atom is -0.353 e. The average Bonchev–Trinajstić information content (AvgIpc) is 2.51. The Balaban J connectivity index is 1.98. The van der Waals surface area contributed by atoms with Gasteiger partial charge in [-0.3, -0.25) is 9.78 Å². The fourth-order valence-electron chi connectivity index (χ4n) is 2.55. The molecule has 114 valence electrons. The summed E-state index contributed by atoms with van der Waals surface area (Å²) in [6.07, 6.45) is 1.79. The van der Waals surface area contributed by atoms with Gasteiger partial charge in [0, 0.05) is 30.5 Å². The van der Waals surface area contributed by atoms with Gasteiger partial charge in [-0.25, -0.2) is 8.78 Å². The molecule has 4 nitrogen and oxygen atoms in total. The normalized spacial score (nSPS) is 14.0. The summed E-state index contributed by atoms with van der Waals surface area (Å²) in [7, 11) is 0. The second-order valence-corrected chi connectivity index (χ2v) is 5.09. The number of rotatable bonds is 3. The first-order valence-corrected chi connectivity index (χ1v) is 7.05. The predicted molar refractivity (Wildman–Crippen MR) is 78.7 cm³/mol. The van der Waals surface area contributed by atoms with E-state index in [-0.39, 0.29) is 18.0 Å². The first kappa shape index (κ1) is 14.4. The zero-order chi connectivity index (χ0) is 15.7. The Morgan fingerprint density at radius 1 is 1.27 bits per heavy atom. The van der Waals surface area contributed by atoms with Gasteiger partial charge in [0.15, 0.2) is 11.6 Å². The summed E-state index contributed by atoms with van der Waals surface area (Å²) in [5.41, 5.74) is 2.22. The number of carbonyl (C=O) groups is 1. The summed E-state index contributed by atoms with van der Waals surface area (Å²) in [6.45, 7) is 2.91. The number of nitrogens with one attached hydrogen (secondary N) is 1. The molecule has 0 bridgehead atoms. The number of hydrogen-bond acceptors (Lipinski definition) is 3. The highest BCUT2D eigenvalue weighted by Crippen LogP contribution is 2.29. The first-order valence-electron chi connectivity index (χ1n) is 7.05. The number of carbonyl (C=O) groups excluding carboxylic acids is 1. The topological polar surface area (TPSA) is 45.2 Å². The van der Waals surface area contributed by atoms with Gasteiger partial charge in [-0.1, -0.05) is 6.07 Å². The molecule has 2 heterocycles. The molecule has 1 aromatic carbocycles. The fraction of sp³-hybridized carbons (Fsp3) is 0.250. The summed E-state index contributed by atoms with van der Waals surface area (Å²) in [5.74, 6) is -1.80. The quantitative estimate of drug-likeness (QED) is 0.948. The lowest BCUT2D eigenvalue weighted by molar-refractivity contribution is -0.131. The van der Waals surface area contributed by atoms with Gasteiger partial charge >= 0.3 is 0 Å². The summed E-state index contributed by atoms with van der Waals surface area (Å²) < 4.78 is 27.1. The Kier molecular flexibility index (Phi) is 3.75. The lowest BCUT2D eigenvalue weighted by Gasteiger charge is -2.28. The molecule has 1 aliphatic rings. The van der Waals surface area contributed by atoms with Crippen molar-refractivity contribution in [1.82, 2.24) is 9.88 Å². The van der Waals surface area contributed by atoms with Gasteiger partial charge in [0.25, 0.3) is 0 Å². The lowest BCUT2D eigenvalue weighted by Crippen LogP contribution is -2.36. The third-order valence-electron chi connectivity index (χ3n) is 3.77. The van der Waals surface area contributed by atoms with E-state index in [1.54, 1.807) is 17.2 Å². The highest BCUT2D eigenvalue weighted by molar-refractivity contribution is 5.82. The molecule has 0 unspecified atom stereocenters. The minimum atomic E-state index is -0.924. The molecule has 1 aromatic heterocycles. The third kappa shape index (κ3) is 2.52. The lowest BCUT2D eigenvalue weighted by atomic mass is 10.0. The molecule has 0 fully saturated rings. The SMILES string of the molecule is CCN1Cc2c(Nc3cccc(F)c3F)ccnc2CC1=O. The van der Waals surface area contributed by atoms with Gasteiger partial charge in [-0.2, -0.15) is 0 Å². The van der Waals surface area contributed by atoms with Gasteiger partial charge < -0.3 is 10.2 Å². The summed E-state index contributed by atoms with van der Waals surface area (Å²) in [5, 5.41) is 2.91. The van der Waals surface area contributed by atoms with Crippen molar-refractivity contribution in [2.75, 3.05) is 11.9 Å². The summed E-state index contributed by atoms with van der Waals surface area (Å²) >= 11 is 0. The van der Waals surface area contributed by atoms with Crippen LogP contribution >= 0.6 is 0 Å². The number of aromatic nitrogens is 1. The van der Waals surface area contributed by atoms with E-state index in [9.17, 15) is 13.6 Å². The van der Waals surface area contributed by atoms with E-state index in [2.05, 4.69) is 10.3 Å². The Hall–Kier alpha value is -2.50. The number of pyridine rings is 1. The van der Waals surface area contributed by atoms with Crippen LogP contribution in [0, 0.1) is 11.6 Å². The van der Waals surface area contributed by atoms with Crippen LogP contribution in [0.5, 0.6) is 0 Å². The Labute approximate surface area is 126 Å². The number of anilines is 2. The van der Waals surface area contributed by atoms with Crippen LogP contribution in [0.25, 0.3) is 0 Å². The molecule has 1 N–H and O–H groups in total. The Morgan fingerprint density at radius 3 is 2.86 bits per heavy atom. The van der Waals surface area contributed by atoms with Crippen molar-refractivity contribution in [3.63, 3.8) is 0 Å². The summed E-state index contributed by atoms with van der Waals surface area (Å²) in [6, 6.07) is 5.68. The standard InChI is InChI=1S/C16H15F2N3O/c1-2-21-9-10-12(6-7-19-14(10)8-15(21)22)20-13-5-3-4-11(17)16(13)18/h3-7H,2,8-9H2,1H3,(H,19,20). The fourth-order valence-corrected chi connectivity index (χ4v) is 2.55. The predicted octanol–water partition coefficient (Wildman–Crippen LogP) is 3.01. The Morgan fingerprint density at radius 2 is 2.09 bits per heavy atom. The third-order valence-corrected chi connectivity index (χ3v) is 3.77. The van der Waals surface area contributed by atoms with Gasteiger partial charge in [-0.15, -0.1) is 0 Å². The van der Waals surface area contributed by atoms with Crippen molar-refractivity contribution in [1.29, 1.82) is 0 Å². The van der Waals surface area contributed by atoms with Crippen molar-refractivity contribution < 1.29 is 13.6 Å². The van der Waals surface area contributed by atoms with Gasteiger partial charge in [0.2, 0.25) is 5.91 Å². The number of fused-ring (bicyclic) bond motifs is 1. The van der Waals surface area contributed by atoms with Crippen LogP contribution in [-0.4, -0.2) is 22.3 Å². The van der Waals surface area contributed by atoms with E-state index in [1.807, 2.05) is 6.92 Å². The number of benzene rings is 1. The van der Waals surface area contributed by atoms with Crippen LogP contribution < -0.4 is 5.32 Å². The first-order chi connectivity index (χ1) is 10.6. The largest absolute Gasteiger partial charge is 0.353 e. The number of likely N-dealkylation sites (N-methyl/N-ethyl adjacent to an activating group) is 1. The molecular weight excluding hydrogens is 288 g/mol. The van der Waals surface area contributed by atoms with E-state index >= 15 is 0 Å². The van der Waals surface area contributed by atoms with E-state index in [1.165, 1.54) is 12.1 Å². The Bertz CT molecular complexity index is 733. The zero-order valence-electron chi connectivity index (χ0n) is 12.1. The minimum absolute atomic E-state index is 0.0246. The molecule has 0 atom stereocenters. The van der Waals surface area contributed by atoms with Crippen molar-refractivity contribution in [3.8, 4) is 0 Å². The number of halogens is 2. The molecule has 2 aromatic rings. The van der Waals surface area contributed by atoms with Crippen LogP contribution in [0.15, 0.2) is 30.5 Å². The van der Waals surface area contributed by atoms with Crippen molar-refractivity contribution in [2.45, 2.75) is 19.9 Å². The molecule has 0 aliphatic carbocycles. The molecule has 0 saturated carbocycles. The van der Waals surface area contributed by atoms with Crippen molar-refractivity contribution >= 4 is 17.3 Å². The monoisotopic (exact) mass is 303 g/mol. The van der Waals surface area contributed by atoms with Crippen molar-refractivity contribution in [2.24, 2.45) is 0 Å². The highest BCUT2D eigenvalue weighted by Gasteiger charge is 2.25. The van der Waals surface area contributed by atoms with E-state index in [4.69, 9.17) is 0 Å². The maximum atomic E-state index is 13.8. The zero-order valence-corrected chi connectivity index (χ0v) is 12.1. The number of amides is 1. The van der Waals surface area contributed by atoms with E-state index in [0.29, 0.717) is 24.5 Å². The molecular formula is C16H15F2N3O. The molecule has 0 spiro atoms. The molecule has 6 heteroatoms. The number of nitrogens with zero attached hydrogens (tertiary/aromatic N) is 2. The molecule has 3 rings (SSSR count). The molecule has 22 heavy (non-hydrogen) atoms. The second kappa shape index (κ2) is 5.71.